The van der Waals surface area contributed by atoms with E-state index in [0.29, 0.717) is 6.54 Å². The van der Waals surface area contributed by atoms with Crippen LogP contribution in [0.1, 0.15) is 12.5 Å². The van der Waals surface area contributed by atoms with Gasteiger partial charge in [-0.05, 0) is 18.9 Å². The van der Waals surface area contributed by atoms with E-state index in [1.807, 2.05) is 0 Å². The molecule has 5 N–H and O–H groups in total. The van der Waals surface area contributed by atoms with Crippen molar-refractivity contribution < 1.29 is 60.4 Å². The lowest BCUT2D eigenvalue weighted by Gasteiger charge is -2.32. The number of nitrogens with one attached hydrogen (secondary N) is 3. The number of carbonyl (C=O) groups is 1. The number of likely N-dealkylation sites (N-methyl/N-ethyl adjacent to an activating group) is 1. The number of aliphatic hydroxyl groups excluding tert-OH is 1. The third-order valence-corrected chi connectivity index (χ3v) is 11.0. The number of halogens is 2. The van der Waals surface area contributed by atoms with Gasteiger partial charge >= 0.3 is 19.6 Å². The summed E-state index contributed by atoms with van der Waals surface area (Å²) < 4.78 is 85.2. The van der Waals surface area contributed by atoms with Gasteiger partial charge in [0.05, 0.1) is 25.9 Å². The molecule has 0 aliphatic carbocycles. The van der Waals surface area contributed by atoms with Crippen LogP contribution in [0, 0.1) is 5.82 Å². The minimum absolute atomic E-state index is 0.00204. The molecule has 4 aromatic heterocycles. The Balaban J connectivity index is 1.31. The fourth-order valence-corrected chi connectivity index (χ4v) is 8.21. The smallest absolute Gasteiger partial charge is 0.412 e. The molecular weight excluding hydrogens is 782 g/mol. The Morgan fingerprint density at radius 1 is 1.19 bits per heavy atom. The van der Waals surface area contributed by atoms with Crippen LogP contribution in [0.2, 0.25) is 0 Å². The average Bonchev–Trinajstić information content (AvgIpc) is 3.76. The van der Waals surface area contributed by atoms with Gasteiger partial charge in [-0.3, -0.25) is 32.8 Å². The number of nitrogens with zero attached hydrogens (tertiary/aromatic N) is 6. The standard InChI is InChI=1S/C25H31F2N9O12P2S2/c1-28-3-4-43-25(39)34-19-16-21(31-8-29-19)36(10-33-16)23-15(27)18-13(46-23)7-45-50(41,52)48-24(17(37)12(42-2)6-44-49(40,51)47-18)35-5-11(26)14-20(35)30-9-32-22(14)38/h5,8-10,12-13,15,17-18,23-24,28,37H,3-4,6-7H2,1-2H3,(H,40,51)(H,41,52)(H,30,32,38)(H,29,31,34,39)/t12-,13-,15-,17-,18-,23-,24-,49?,50?/m1/s1. The summed E-state index contributed by atoms with van der Waals surface area (Å²) in [6.07, 6.45) is -9.09. The number of anilines is 1. The molecule has 1 amide bonds. The van der Waals surface area contributed by atoms with Crippen LogP contribution in [0.25, 0.3) is 22.2 Å². The van der Waals surface area contributed by atoms with Crippen LogP contribution in [0.4, 0.5) is 19.4 Å². The van der Waals surface area contributed by atoms with Gasteiger partial charge in [-0.2, -0.15) is 0 Å². The van der Waals surface area contributed by atoms with Gasteiger partial charge < -0.3 is 39.0 Å². The molecule has 4 aromatic rings. The van der Waals surface area contributed by atoms with Crippen molar-refractivity contribution in [1.82, 2.24) is 39.4 Å². The molecule has 2 fully saturated rings. The van der Waals surface area contributed by atoms with E-state index in [-0.39, 0.29) is 29.2 Å². The van der Waals surface area contributed by atoms with E-state index < -0.39 is 92.6 Å². The van der Waals surface area contributed by atoms with Crippen molar-refractivity contribution in [3.63, 3.8) is 0 Å². The van der Waals surface area contributed by atoms with E-state index in [2.05, 4.69) is 47.8 Å². The van der Waals surface area contributed by atoms with Gasteiger partial charge in [0, 0.05) is 19.9 Å². The number of rotatable bonds is 7. The molecule has 27 heteroatoms. The molecule has 2 unspecified atom stereocenters. The second kappa shape index (κ2) is 15.8. The first-order valence-electron chi connectivity index (χ1n) is 15.0. The highest BCUT2D eigenvalue weighted by Crippen LogP contribution is 2.58. The molecule has 6 rings (SSSR count). The zero-order chi connectivity index (χ0) is 37.4. The normalized spacial score (nSPS) is 31.8. The number of H-pyrrole nitrogens is 1. The highest BCUT2D eigenvalue weighted by Gasteiger charge is 2.51. The Hall–Kier alpha value is -3.03. The molecule has 2 aliphatic rings. The number of imidazole rings is 1. The van der Waals surface area contributed by atoms with Gasteiger partial charge in [-0.25, -0.2) is 38.1 Å². The molecule has 0 aromatic carbocycles. The minimum Gasteiger partial charge on any atom is -0.448 e. The molecule has 0 radical (unpaired) electrons. The lowest BCUT2D eigenvalue weighted by atomic mass is 10.1. The summed E-state index contributed by atoms with van der Waals surface area (Å²) in [4.78, 5) is 54.3. The van der Waals surface area contributed by atoms with Crippen molar-refractivity contribution in [1.29, 1.82) is 0 Å². The van der Waals surface area contributed by atoms with E-state index in [0.717, 1.165) is 41.4 Å². The Bertz CT molecular complexity index is 2090. The minimum atomic E-state index is -4.52. The summed E-state index contributed by atoms with van der Waals surface area (Å²) in [5.74, 6) is -1.11. The molecule has 0 spiro atoms. The Kier molecular flexibility index (Phi) is 11.7. The summed E-state index contributed by atoms with van der Waals surface area (Å²) in [7, 11) is 2.81. The summed E-state index contributed by atoms with van der Waals surface area (Å²) in [5.41, 5.74) is -1.13. The van der Waals surface area contributed by atoms with Crippen molar-refractivity contribution in [2.24, 2.45) is 0 Å². The van der Waals surface area contributed by atoms with Crippen LogP contribution in [0.3, 0.4) is 0 Å². The third-order valence-electron chi connectivity index (χ3n) is 7.82. The number of alkyl halides is 1. The first kappa shape index (κ1) is 38.7. The number of aliphatic hydroxyl groups is 1. The predicted molar refractivity (Wildman–Crippen MR) is 180 cm³/mol. The van der Waals surface area contributed by atoms with Crippen LogP contribution >= 0.6 is 25.8 Å². The quantitative estimate of drug-likeness (QED) is 0.0873. The average molecular weight is 814 g/mol. The number of aromatic nitrogens is 7. The topological polar surface area (TPSA) is 258 Å². The second-order valence-corrected chi connectivity index (χ2v) is 16.8. The van der Waals surface area contributed by atoms with Crippen molar-refractivity contribution in [3.8, 4) is 0 Å². The molecule has 0 bridgehead atoms. The van der Waals surface area contributed by atoms with Gasteiger partial charge in [0.25, 0.3) is 5.56 Å². The number of aromatic amines is 1. The van der Waals surface area contributed by atoms with Gasteiger partial charge in [-0.1, -0.05) is 12.2 Å². The highest BCUT2D eigenvalue weighted by molar-refractivity contribution is 8.44. The summed E-state index contributed by atoms with van der Waals surface area (Å²) in [6.45, 7) is -10.1. The van der Waals surface area contributed by atoms with Crippen molar-refractivity contribution in [2.75, 3.05) is 45.8 Å². The number of amides is 1. The van der Waals surface area contributed by atoms with E-state index in [1.165, 1.54) is 0 Å². The van der Waals surface area contributed by atoms with Crippen LogP contribution in [-0.2, 0) is 48.7 Å². The third kappa shape index (κ3) is 8.06. The van der Waals surface area contributed by atoms with Gasteiger partial charge in [0.2, 0.25) is 0 Å². The molecule has 21 nitrogen and oxygen atoms in total. The van der Waals surface area contributed by atoms with E-state index >= 15 is 4.39 Å². The van der Waals surface area contributed by atoms with E-state index in [4.69, 9.17) is 44.1 Å². The number of ether oxygens (including phenoxy) is 3. The monoisotopic (exact) mass is 813 g/mol. The van der Waals surface area contributed by atoms with Crippen LogP contribution < -0.4 is 16.2 Å². The van der Waals surface area contributed by atoms with Crippen molar-refractivity contribution >= 4 is 71.7 Å². The number of hydrogen-bond donors (Lipinski definition) is 6. The number of thiol groups is 1. The zero-order valence-electron chi connectivity index (χ0n) is 26.8. The first-order valence-corrected chi connectivity index (χ1v) is 20.3. The fourth-order valence-electron chi connectivity index (χ4n) is 5.38. The summed E-state index contributed by atoms with van der Waals surface area (Å²) >= 11 is 9.20. The fraction of sp³-hybridized carbons (Fsp3) is 0.520. The summed E-state index contributed by atoms with van der Waals surface area (Å²) in [5, 5.41) is 16.1. The molecule has 6 heterocycles. The first-order chi connectivity index (χ1) is 24.7. The van der Waals surface area contributed by atoms with Crippen molar-refractivity contribution in [2.45, 2.75) is 43.0 Å². The lowest BCUT2D eigenvalue weighted by molar-refractivity contribution is -0.108. The maximum Gasteiger partial charge on any atom is 0.412 e. The van der Waals surface area contributed by atoms with Gasteiger partial charge in [0.1, 0.15) is 42.7 Å². The highest BCUT2D eigenvalue weighted by atomic mass is 32.7. The number of hydrogen-bond acceptors (Lipinski definition) is 17. The lowest BCUT2D eigenvalue weighted by Crippen LogP contribution is -2.40. The number of carbonyl (C=O) groups excluding carboxylic acids is 1. The van der Waals surface area contributed by atoms with Gasteiger partial charge in [0.15, 0.2) is 47.1 Å². The Morgan fingerprint density at radius 3 is 2.73 bits per heavy atom. The maximum absolute atomic E-state index is 16.4. The maximum atomic E-state index is 16.4. The van der Waals surface area contributed by atoms with Crippen LogP contribution in [-0.4, -0.2) is 121 Å². The van der Waals surface area contributed by atoms with Gasteiger partial charge in [-0.15, -0.1) is 0 Å². The summed E-state index contributed by atoms with van der Waals surface area (Å²) in [6, 6.07) is 0. The Labute approximate surface area is 301 Å². The van der Waals surface area contributed by atoms with Crippen LogP contribution in [0.15, 0.2) is 30.0 Å². The number of methoxy groups -OCH3 is 1. The van der Waals surface area contributed by atoms with E-state index in [9.17, 15) is 28.5 Å². The molecule has 9 atom stereocenters. The molecule has 2 aliphatic heterocycles. The molecule has 52 heavy (non-hydrogen) atoms. The Morgan fingerprint density at radius 2 is 1.98 bits per heavy atom. The molecule has 2 saturated heterocycles. The SMILES string of the molecule is CNCCOC(=O)Nc1ncnc2c1ncn2[C@@H]1O[C@@H]2COP(O)(=S)O[C@@H](n3cc(F)c4c(=O)[nH]cnc43)[C@H](O)[C@H](OC)COP(=O)(S)O[C@H]2[C@H]1F. The molecule has 0 saturated carbocycles. The number of fused-ring (bicyclic) bond motifs is 3. The van der Waals surface area contributed by atoms with Crippen LogP contribution in [0.5, 0.6) is 0 Å². The molecule has 284 valence electrons. The van der Waals surface area contributed by atoms with E-state index in [1.54, 1.807) is 7.05 Å². The largest absolute Gasteiger partial charge is 0.448 e. The second-order valence-electron chi connectivity index (χ2n) is 11.1. The molecular formula is C25H31F2N9O12P2S2. The predicted octanol–water partition coefficient (Wildman–Crippen LogP) is 1.28. The van der Waals surface area contributed by atoms with Crippen molar-refractivity contribution in [3.05, 3.63) is 41.3 Å². The zero-order valence-corrected chi connectivity index (χ0v) is 30.3.